The number of fused-ring (bicyclic) bond motifs is 1. The van der Waals surface area contributed by atoms with Crippen molar-refractivity contribution in [2.45, 2.75) is 18.9 Å². The number of thioether (sulfide) groups is 1. The monoisotopic (exact) mass is 207 g/mol. The van der Waals surface area contributed by atoms with Gasteiger partial charge in [0.25, 0.3) is 0 Å². The molecule has 4 heteroatoms. The van der Waals surface area contributed by atoms with Gasteiger partial charge in [0.15, 0.2) is 0 Å². The number of amidine groups is 1. The molecule has 0 amide bonds. The minimum atomic E-state index is 0.587. The van der Waals surface area contributed by atoms with E-state index in [-0.39, 0.29) is 0 Å². The van der Waals surface area contributed by atoms with Crippen molar-refractivity contribution in [1.29, 1.82) is 5.41 Å². The van der Waals surface area contributed by atoms with Gasteiger partial charge in [0.2, 0.25) is 0 Å². The van der Waals surface area contributed by atoms with Crippen LogP contribution in [0.5, 0.6) is 0 Å². The summed E-state index contributed by atoms with van der Waals surface area (Å²) < 4.78 is 0. The Labute approximate surface area is 88.0 Å². The average Bonchev–Trinajstić information content (AvgIpc) is 2.10. The van der Waals surface area contributed by atoms with Gasteiger partial charge in [-0.15, -0.1) is 0 Å². The summed E-state index contributed by atoms with van der Waals surface area (Å²) in [5.74, 6) is 1.41. The second-order valence-electron chi connectivity index (χ2n) is 3.58. The van der Waals surface area contributed by atoms with Crippen molar-refractivity contribution in [2.24, 2.45) is 0 Å². The third-order valence-electron chi connectivity index (χ3n) is 2.32. The molecule has 2 heterocycles. The van der Waals surface area contributed by atoms with Crippen molar-refractivity contribution in [3.8, 4) is 0 Å². The lowest BCUT2D eigenvalue weighted by Gasteiger charge is -2.27. The largest absolute Gasteiger partial charge is 0.350 e. The summed E-state index contributed by atoms with van der Waals surface area (Å²) in [7, 11) is 1.94. The molecule has 1 N–H and O–H groups in total. The zero-order chi connectivity index (χ0) is 10.3. The molecule has 1 aliphatic heterocycles. The van der Waals surface area contributed by atoms with Crippen LogP contribution in [0.3, 0.4) is 0 Å². The van der Waals surface area contributed by atoms with Crippen LogP contribution in [0.15, 0.2) is 11.1 Å². The quantitative estimate of drug-likeness (QED) is 0.707. The first-order valence-corrected chi connectivity index (χ1v) is 5.49. The molecule has 0 saturated heterocycles. The molecule has 74 valence electrons. The Kier molecular flexibility index (Phi) is 2.23. The summed E-state index contributed by atoms with van der Waals surface area (Å²) in [6.07, 6.45) is 0. The van der Waals surface area contributed by atoms with E-state index in [0.717, 1.165) is 27.7 Å². The number of aromatic nitrogens is 1. The van der Waals surface area contributed by atoms with Crippen molar-refractivity contribution in [1.82, 2.24) is 9.88 Å². The Morgan fingerprint density at radius 2 is 2.21 bits per heavy atom. The van der Waals surface area contributed by atoms with Crippen LogP contribution in [0.25, 0.3) is 0 Å². The van der Waals surface area contributed by atoms with Gasteiger partial charge >= 0.3 is 0 Å². The first-order valence-electron chi connectivity index (χ1n) is 4.50. The topological polar surface area (TPSA) is 40.0 Å². The van der Waals surface area contributed by atoms with E-state index in [1.807, 2.05) is 31.9 Å². The van der Waals surface area contributed by atoms with Gasteiger partial charge < -0.3 is 4.90 Å². The van der Waals surface area contributed by atoms with Crippen LogP contribution in [0.2, 0.25) is 0 Å². The minimum Gasteiger partial charge on any atom is -0.350 e. The lowest BCUT2D eigenvalue weighted by Crippen LogP contribution is -2.31. The molecule has 1 aliphatic rings. The molecule has 0 atom stereocenters. The lowest BCUT2D eigenvalue weighted by atomic mass is 10.1. The molecule has 3 nitrogen and oxygen atoms in total. The van der Waals surface area contributed by atoms with E-state index in [1.54, 1.807) is 11.8 Å². The van der Waals surface area contributed by atoms with Gasteiger partial charge in [-0.2, -0.15) is 0 Å². The van der Waals surface area contributed by atoms with Crippen LogP contribution < -0.4 is 0 Å². The maximum atomic E-state index is 7.96. The van der Waals surface area contributed by atoms with Crippen molar-refractivity contribution < 1.29 is 0 Å². The number of aryl methyl sites for hydroxylation is 2. The van der Waals surface area contributed by atoms with Gasteiger partial charge in [0, 0.05) is 12.7 Å². The second-order valence-corrected chi connectivity index (χ2v) is 4.51. The summed E-state index contributed by atoms with van der Waals surface area (Å²) in [5, 5.41) is 8.97. The molecule has 1 aromatic heterocycles. The van der Waals surface area contributed by atoms with Gasteiger partial charge in [0.05, 0.1) is 11.4 Å². The third kappa shape index (κ3) is 1.39. The number of nitrogens with zero attached hydrogens (tertiary/aromatic N) is 2. The minimum absolute atomic E-state index is 0.587. The fourth-order valence-electron chi connectivity index (χ4n) is 1.61. The van der Waals surface area contributed by atoms with Crippen molar-refractivity contribution in [3.63, 3.8) is 0 Å². The van der Waals surface area contributed by atoms with Gasteiger partial charge in [-0.05, 0) is 25.5 Å². The Morgan fingerprint density at radius 3 is 2.93 bits per heavy atom. The summed E-state index contributed by atoms with van der Waals surface area (Å²) in [6.45, 7) is 4.04. The molecule has 0 aromatic carbocycles. The maximum Gasteiger partial charge on any atom is 0.131 e. The number of rotatable bonds is 0. The highest BCUT2D eigenvalue weighted by molar-refractivity contribution is 7.99. The molecule has 2 rings (SSSR count). The number of hydrogen-bond acceptors (Lipinski definition) is 3. The maximum absolute atomic E-state index is 7.96. The van der Waals surface area contributed by atoms with E-state index in [2.05, 4.69) is 4.98 Å². The first kappa shape index (κ1) is 9.52. The predicted molar refractivity (Wildman–Crippen MR) is 59.0 cm³/mol. The predicted octanol–water partition coefficient (Wildman–Crippen LogP) is 2.02. The van der Waals surface area contributed by atoms with Crippen LogP contribution in [-0.2, 0) is 0 Å². The molecule has 0 radical (unpaired) electrons. The lowest BCUT2D eigenvalue weighted by molar-refractivity contribution is 0.586. The van der Waals surface area contributed by atoms with E-state index < -0.39 is 0 Å². The highest BCUT2D eigenvalue weighted by atomic mass is 32.2. The van der Waals surface area contributed by atoms with Gasteiger partial charge in [0.1, 0.15) is 10.9 Å². The highest BCUT2D eigenvalue weighted by Gasteiger charge is 2.22. The zero-order valence-electron chi connectivity index (χ0n) is 8.59. The van der Waals surface area contributed by atoms with E-state index >= 15 is 0 Å². The molecule has 0 unspecified atom stereocenters. The van der Waals surface area contributed by atoms with Gasteiger partial charge in [-0.3, -0.25) is 5.41 Å². The third-order valence-corrected chi connectivity index (χ3v) is 3.41. The van der Waals surface area contributed by atoms with Crippen LogP contribution in [0.1, 0.15) is 16.8 Å². The van der Waals surface area contributed by atoms with Gasteiger partial charge in [-0.1, -0.05) is 11.8 Å². The Hall–Kier alpha value is -1.03. The van der Waals surface area contributed by atoms with Crippen LogP contribution in [0, 0.1) is 19.3 Å². The van der Waals surface area contributed by atoms with Crippen LogP contribution >= 0.6 is 11.8 Å². The zero-order valence-corrected chi connectivity index (χ0v) is 9.40. The molecule has 0 saturated carbocycles. The average molecular weight is 207 g/mol. The van der Waals surface area contributed by atoms with E-state index in [4.69, 9.17) is 5.41 Å². The van der Waals surface area contributed by atoms with E-state index in [1.165, 1.54) is 0 Å². The number of nitrogens with one attached hydrogen (secondary N) is 1. The van der Waals surface area contributed by atoms with Crippen molar-refractivity contribution in [2.75, 3.05) is 12.9 Å². The highest BCUT2D eigenvalue weighted by Crippen LogP contribution is 2.30. The SMILES string of the molecule is Cc1cc(C)c2c(n1)SCN(C)C2=N. The molecular formula is C10H13N3S. The molecule has 14 heavy (non-hydrogen) atoms. The van der Waals surface area contributed by atoms with E-state index in [0.29, 0.717) is 5.84 Å². The van der Waals surface area contributed by atoms with Crippen LogP contribution in [0.4, 0.5) is 0 Å². The molecule has 0 fully saturated rings. The standard InChI is InChI=1S/C10H13N3S/c1-6-4-7(2)12-10-8(6)9(11)13(3)5-14-10/h4,11H,5H2,1-3H3. The summed E-state index contributed by atoms with van der Waals surface area (Å²) in [5.41, 5.74) is 3.18. The fraction of sp³-hybridized carbons (Fsp3) is 0.400. The Bertz CT molecular complexity index is 401. The molecule has 0 bridgehead atoms. The summed E-state index contributed by atoms with van der Waals surface area (Å²) in [4.78, 5) is 6.40. The molecule has 1 aromatic rings. The molecular weight excluding hydrogens is 194 g/mol. The first-order chi connectivity index (χ1) is 6.59. The summed E-state index contributed by atoms with van der Waals surface area (Å²) >= 11 is 1.70. The second kappa shape index (κ2) is 3.28. The normalized spacial score (nSPS) is 15.6. The van der Waals surface area contributed by atoms with E-state index in [9.17, 15) is 0 Å². The van der Waals surface area contributed by atoms with Crippen LogP contribution in [-0.4, -0.2) is 28.6 Å². The number of pyridine rings is 1. The molecule has 0 aliphatic carbocycles. The summed E-state index contributed by atoms with van der Waals surface area (Å²) in [6, 6.07) is 2.03. The van der Waals surface area contributed by atoms with Crippen molar-refractivity contribution in [3.05, 3.63) is 22.9 Å². The van der Waals surface area contributed by atoms with Crippen molar-refractivity contribution >= 4 is 17.6 Å². The van der Waals surface area contributed by atoms with Gasteiger partial charge in [-0.25, -0.2) is 4.98 Å². The Morgan fingerprint density at radius 1 is 1.50 bits per heavy atom. The fourth-order valence-corrected chi connectivity index (χ4v) is 2.66. The molecule has 0 spiro atoms. The Balaban J connectivity index is 2.60. The number of hydrogen-bond donors (Lipinski definition) is 1. The smallest absolute Gasteiger partial charge is 0.131 e.